The quantitative estimate of drug-likeness (QED) is 0.909. The molecule has 20 heavy (non-hydrogen) atoms. The molecule has 1 aromatic rings. The standard InChI is InChI=1S/C15H22ClFN2O/c1-20-10-11-4-6-19(7-5-11)15(9-18)13-3-2-12(16)8-14(13)17/h2-3,8,11,15H,4-7,9-10,18H2,1H3. The van der Waals surface area contributed by atoms with Crippen molar-refractivity contribution < 1.29 is 9.13 Å². The number of benzene rings is 1. The Kier molecular flexibility index (Phi) is 5.78. The van der Waals surface area contributed by atoms with Gasteiger partial charge in [0.2, 0.25) is 0 Å². The molecule has 0 aromatic heterocycles. The Morgan fingerprint density at radius 1 is 1.45 bits per heavy atom. The molecule has 1 saturated heterocycles. The van der Waals surface area contributed by atoms with Gasteiger partial charge in [0.25, 0.3) is 0 Å². The second-order valence-corrected chi connectivity index (χ2v) is 5.79. The average molecular weight is 301 g/mol. The Morgan fingerprint density at radius 2 is 2.15 bits per heavy atom. The average Bonchev–Trinajstić information content (AvgIpc) is 2.44. The summed E-state index contributed by atoms with van der Waals surface area (Å²) in [5, 5.41) is 0.417. The van der Waals surface area contributed by atoms with E-state index < -0.39 is 0 Å². The molecule has 0 bridgehead atoms. The molecule has 1 aliphatic heterocycles. The van der Waals surface area contributed by atoms with Gasteiger partial charge < -0.3 is 10.5 Å². The predicted octanol–water partition coefficient (Wildman–Crippen LogP) is 2.84. The van der Waals surface area contributed by atoms with Crippen LogP contribution in [0, 0.1) is 11.7 Å². The first kappa shape index (κ1) is 15.7. The van der Waals surface area contributed by atoms with Crippen molar-refractivity contribution in [1.82, 2.24) is 4.90 Å². The fourth-order valence-electron chi connectivity index (χ4n) is 2.91. The Balaban J connectivity index is 2.05. The summed E-state index contributed by atoms with van der Waals surface area (Å²) in [6.45, 7) is 3.07. The molecule has 1 fully saturated rings. The fourth-order valence-corrected chi connectivity index (χ4v) is 3.07. The zero-order valence-corrected chi connectivity index (χ0v) is 12.6. The van der Waals surface area contributed by atoms with E-state index in [9.17, 15) is 4.39 Å². The normalized spacial score (nSPS) is 19.2. The number of hydrogen-bond donors (Lipinski definition) is 1. The lowest BCUT2D eigenvalue weighted by molar-refractivity contribution is 0.0802. The van der Waals surface area contributed by atoms with E-state index in [4.69, 9.17) is 22.1 Å². The molecule has 2 N–H and O–H groups in total. The van der Waals surface area contributed by atoms with Crippen molar-refractivity contribution >= 4 is 11.6 Å². The lowest BCUT2D eigenvalue weighted by Crippen LogP contribution is -2.40. The first-order chi connectivity index (χ1) is 9.65. The van der Waals surface area contributed by atoms with E-state index in [2.05, 4.69) is 4.90 Å². The summed E-state index contributed by atoms with van der Waals surface area (Å²) < 4.78 is 19.3. The number of piperidine rings is 1. The van der Waals surface area contributed by atoms with Crippen molar-refractivity contribution in [3.8, 4) is 0 Å². The monoisotopic (exact) mass is 300 g/mol. The SMILES string of the molecule is COCC1CCN(C(CN)c2ccc(Cl)cc2F)CC1. The molecular formula is C15H22ClFN2O. The van der Waals surface area contributed by atoms with Crippen LogP contribution in [0.1, 0.15) is 24.4 Å². The van der Waals surface area contributed by atoms with Crippen LogP contribution in [0.3, 0.4) is 0 Å². The van der Waals surface area contributed by atoms with Gasteiger partial charge in [0, 0.05) is 36.9 Å². The highest BCUT2D eigenvalue weighted by molar-refractivity contribution is 6.30. The van der Waals surface area contributed by atoms with Crippen LogP contribution in [-0.2, 0) is 4.74 Å². The number of nitrogens with zero attached hydrogens (tertiary/aromatic N) is 1. The molecule has 3 nitrogen and oxygen atoms in total. The lowest BCUT2D eigenvalue weighted by atomic mass is 9.94. The maximum absolute atomic E-state index is 14.1. The summed E-state index contributed by atoms with van der Waals surface area (Å²) in [5.41, 5.74) is 6.51. The van der Waals surface area contributed by atoms with Gasteiger partial charge in [0.15, 0.2) is 0 Å². The molecule has 0 aliphatic carbocycles. The summed E-state index contributed by atoms with van der Waals surface area (Å²) in [6, 6.07) is 4.75. The van der Waals surface area contributed by atoms with Crippen LogP contribution in [0.5, 0.6) is 0 Å². The lowest BCUT2D eigenvalue weighted by Gasteiger charge is -2.37. The van der Waals surface area contributed by atoms with Gasteiger partial charge in [-0.25, -0.2) is 4.39 Å². The van der Waals surface area contributed by atoms with Crippen molar-refractivity contribution in [2.75, 3.05) is 33.4 Å². The van der Waals surface area contributed by atoms with E-state index in [1.165, 1.54) is 6.07 Å². The molecule has 0 amide bonds. The van der Waals surface area contributed by atoms with Crippen LogP contribution < -0.4 is 5.73 Å². The minimum atomic E-state index is -0.271. The minimum absolute atomic E-state index is 0.0734. The summed E-state index contributed by atoms with van der Waals surface area (Å²) >= 11 is 5.81. The van der Waals surface area contributed by atoms with Gasteiger partial charge in [-0.2, -0.15) is 0 Å². The van der Waals surface area contributed by atoms with Crippen LogP contribution in [0.25, 0.3) is 0 Å². The highest BCUT2D eigenvalue weighted by atomic mass is 35.5. The molecule has 1 aromatic carbocycles. The summed E-state index contributed by atoms with van der Waals surface area (Å²) in [6.07, 6.45) is 2.14. The highest BCUT2D eigenvalue weighted by Crippen LogP contribution is 2.29. The molecule has 1 heterocycles. The van der Waals surface area contributed by atoms with Gasteiger partial charge >= 0.3 is 0 Å². The van der Waals surface area contributed by atoms with Gasteiger partial charge in [-0.3, -0.25) is 4.90 Å². The van der Waals surface area contributed by atoms with Crippen LogP contribution in [0.2, 0.25) is 5.02 Å². The van der Waals surface area contributed by atoms with Crippen molar-refractivity contribution in [1.29, 1.82) is 0 Å². The molecule has 1 atom stereocenters. The Morgan fingerprint density at radius 3 is 2.70 bits per heavy atom. The first-order valence-electron chi connectivity index (χ1n) is 7.03. The van der Waals surface area contributed by atoms with E-state index in [-0.39, 0.29) is 11.9 Å². The maximum Gasteiger partial charge on any atom is 0.129 e. The fraction of sp³-hybridized carbons (Fsp3) is 0.600. The van der Waals surface area contributed by atoms with Gasteiger partial charge in [-0.15, -0.1) is 0 Å². The third-order valence-corrected chi connectivity index (χ3v) is 4.27. The molecule has 1 unspecified atom stereocenters. The van der Waals surface area contributed by atoms with Crippen molar-refractivity contribution in [2.24, 2.45) is 11.7 Å². The van der Waals surface area contributed by atoms with Crippen LogP contribution in [0.15, 0.2) is 18.2 Å². The van der Waals surface area contributed by atoms with Gasteiger partial charge in [0.05, 0.1) is 0 Å². The number of ether oxygens (including phenoxy) is 1. The molecule has 2 rings (SSSR count). The highest BCUT2D eigenvalue weighted by Gasteiger charge is 2.26. The number of rotatable bonds is 5. The van der Waals surface area contributed by atoms with Crippen LogP contribution in [-0.4, -0.2) is 38.3 Å². The molecule has 0 radical (unpaired) electrons. The number of halogens is 2. The minimum Gasteiger partial charge on any atom is -0.384 e. The van der Waals surface area contributed by atoms with E-state index in [1.807, 2.05) is 0 Å². The topological polar surface area (TPSA) is 38.5 Å². The third-order valence-electron chi connectivity index (χ3n) is 4.04. The number of likely N-dealkylation sites (tertiary alicyclic amines) is 1. The smallest absolute Gasteiger partial charge is 0.129 e. The molecular weight excluding hydrogens is 279 g/mol. The van der Waals surface area contributed by atoms with Gasteiger partial charge in [-0.1, -0.05) is 17.7 Å². The Hall–Kier alpha value is -0.680. The van der Waals surface area contributed by atoms with E-state index >= 15 is 0 Å². The largest absolute Gasteiger partial charge is 0.384 e. The summed E-state index contributed by atoms with van der Waals surface area (Å²) in [5.74, 6) is 0.330. The second-order valence-electron chi connectivity index (χ2n) is 5.35. The molecule has 112 valence electrons. The van der Waals surface area contributed by atoms with Crippen molar-refractivity contribution in [3.63, 3.8) is 0 Å². The Labute approximate surface area is 124 Å². The molecule has 5 heteroatoms. The number of methoxy groups -OCH3 is 1. The maximum atomic E-state index is 14.1. The molecule has 0 spiro atoms. The zero-order chi connectivity index (χ0) is 14.5. The molecule has 0 saturated carbocycles. The second kappa shape index (κ2) is 7.36. The Bertz CT molecular complexity index is 436. The summed E-state index contributed by atoms with van der Waals surface area (Å²) in [7, 11) is 1.73. The number of hydrogen-bond acceptors (Lipinski definition) is 3. The number of nitrogens with two attached hydrogens (primary N) is 1. The van der Waals surface area contributed by atoms with Crippen molar-refractivity contribution in [3.05, 3.63) is 34.6 Å². The van der Waals surface area contributed by atoms with E-state index in [0.717, 1.165) is 32.5 Å². The first-order valence-corrected chi connectivity index (χ1v) is 7.41. The van der Waals surface area contributed by atoms with E-state index in [1.54, 1.807) is 19.2 Å². The summed E-state index contributed by atoms with van der Waals surface area (Å²) in [4.78, 5) is 2.26. The zero-order valence-electron chi connectivity index (χ0n) is 11.8. The molecule has 1 aliphatic rings. The third kappa shape index (κ3) is 3.70. The van der Waals surface area contributed by atoms with Gasteiger partial charge in [0.1, 0.15) is 5.82 Å². The van der Waals surface area contributed by atoms with E-state index in [0.29, 0.717) is 23.0 Å². The van der Waals surface area contributed by atoms with Crippen LogP contribution >= 0.6 is 11.6 Å². The van der Waals surface area contributed by atoms with Crippen molar-refractivity contribution in [2.45, 2.75) is 18.9 Å². The van der Waals surface area contributed by atoms with Gasteiger partial charge in [-0.05, 0) is 44.0 Å². The van der Waals surface area contributed by atoms with Crippen LogP contribution in [0.4, 0.5) is 4.39 Å². The predicted molar refractivity (Wildman–Crippen MR) is 79.4 cm³/mol.